The van der Waals surface area contributed by atoms with Gasteiger partial charge in [0.1, 0.15) is 0 Å². The number of hydrogen-bond donors (Lipinski definition) is 2. The summed E-state index contributed by atoms with van der Waals surface area (Å²) < 4.78 is 0. The van der Waals surface area contributed by atoms with Crippen molar-refractivity contribution in [3.8, 4) is 6.07 Å². The third-order valence-electron chi connectivity index (χ3n) is 7.01. The molecular weight excluding hydrogens is 535 g/mol. The van der Waals surface area contributed by atoms with Crippen molar-refractivity contribution in [1.29, 1.82) is 5.26 Å². The summed E-state index contributed by atoms with van der Waals surface area (Å²) in [4.78, 5) is 29.8. The Balaban J connectivity index is 1.36. The highest BCUT2D eigenvalue weighted by molar-refractivity contribution is 6.35. The van der Waals surface area contributed by atoms with Crippen LogP contribution >= 0.6 is 23.2 Å². The average molecular weight is 568 g/mol. The van der Waals surface area contributed by atoms with Gasteiger partial charge in [0.15, 0.2) is 0 Å². The number of nitrogens with zero attached hydrogens (tertiary/aromatic N) is 3. The third-order valence-corrected chi connectivity index (χ3v) is 7.44. The molecule has 2 N–H and O–H groups in total. The molecule has 1 aliphatic carbocycles. The summed E-state index contributed by atoms with van der Waals surface area (Å²) in [6.07, 6.45) is 8.52. The van der Waals surface area contributed by atoms with Gasteiger partial charge in [0.25, 0.3) is 0 Å². The molecule has 1 unspecified atom stereocenters. The predicted molar refractivity (Wildman–Crippen MR) is 154 cm³/mol. The van der Waals surface area contributed by atoms with Gasteiger partial charge in [0.05, 0.1) is 24.3 Å². The maximum absolute atomic E-state index is 13.2. The fraction of sp³-hybridized carbons (Fsp3) is 0.367. The smallest absolute Gasteiger partial charge is 0.243 e. The van der Waals surface area contributed by atoms with Crippen molar-refractivity contribution in [2.24, 2.45) is 5.92 Å². The molecule has 2 atom stereocenters. The number of aliphatic hydroxyl groups is 1. The SMILES string of the molecule is N#Cc1cccc(C2=CCC(CCN(CC(=O)Nc3cc(Cl)cc(Cl)c3)C(=O)CCN3CC[C@H](O)C3)C=C2)c1. The number of likely N-dealkylation sites (tertiary alicyclic amines) is 1. The maximum atomic E-state index is 13.2. The molecule has 0 aromatic heterocycles. The molecule has 1 aliphatic heterocycles. The van der Waals surface area contributed by atoms with Crippen LogP contribution in [-0.2, 0) is 9.59 Å². The van der Waals surface area contributed by atoms with E-state index in [1.165, 1.54) is 0 Å². The summed E-state index contributed by atoms with van der Waals surface area (Å²) in [5.41, 5.74) is 3.18. The van der Waals surface area contributed by atoms with E-state index in [-0.39, 0.29) is 36.8 Å². The van der Waals surface area contributed by atoms with Crippen LogP contribution in [0.3, 0.4) is 0 Å². The van der Waals surface area contributed by atoms with Crippen LogP contribution < -0.4 is 5.32 Å². The molecule has 39 heavy (non-hydrogen) atoms. The largest absolute Gasteiger partial charge is 0.392 e. The van der Waals surface area contributed by atoms with Gasteiger partial charge in [-0.1, -0.05) is 53.6 Å². The number of β-amino-alcohol motifs (C(OH)–C–C–N with tert-alkyl or cyclic N) is 1. The highest BCUT2D eigenvalue weighted by atomic mass is 35.5. The van der Waals surface area contributed by atoms with Gasteiger partial charge in [-0.2, -0.15) is 5.26 Å². The number of allylic oxidation sites excluding steroid dienone is 4. The molecular formula is C30H32Cl2N4O3. The van der Waals surface area contributed by atoms with Crippen molar-refractivity contribution in [3.05, 3.63) is 81.9 Å². The van der Waals surface area contributed by atoms with Gasteiger partial charge in [-0.05, 0) is 66.6 Å². The van der Waals surface area contributed by atoms with Crippen LogP contribution in [0.4, 0.5) is 5.69 Å². The van der Waals surface area contributed by atoms with E-state index in [1.54, 1.807) is 29.2 Å². The van der Waals surface area contributed by atoms with Crippen LogP contribution in [0.15, 0.2) is 60.7 Å². The molecule has 4 rings (SSSR count). The molecule has 2 aliphatic rings. The minimum absolute atomic E-state index is 0.0793. The predicted octanol–water partition coefficient (Wildman–Crippen LogP) is 5.14. The van der Waals surface area contributed by atoms with Crippen molar-refractivity contribution in [2.45, 2.75) is 31.8 Å². The number of anilines is 1. The summed E-state index contributed by atoms with van der Waals surface area (Å²) >= 11 is 12.1. The second kappa shape index (κ2) is 13.8. The Hall–Kier alpha value is -3.15. The number of amides is 2. The Morgan fingerprint density at radius 3 is 2.64 bits per heavy atom. The summed E-state index contributed by atoms with van der Waals surface area (Å²) in [7, 11) is 0. The summed E-state index contributed by atoms with van der Waals surface area (Å²) in [5, 5.41) is 22.6. The first-order valence-electron chi connectivity index (χ1n) is 13.1. The molecule has 1 heterocycles. The zero-order valence-electron chi connectivity index (χ0n) is 21.7. The Bertz CT molecular complexity index is 1280. The molecule has 1 fully saturated rings. The second-order valence-electron chi connectivity index (χ2n) is 10.0. The van der Waals surface area contributed by atoms with Crippen molar-refractivity contribution >= 4 is 46.3 Å². The van der Waals surface area contributed by atoms with Gasteiger partial charge in [-0.25, -0.2) is 0 Å². The molecule has 7 nitrogen and oxygen atoms in total. The summed E-state index contributed by atoms with van der Waals surface area (Å²) in [6.45, 7) is 2.25. The van der Waals surface area contributed by atoms with Gasteiger partial charge >= 0.3 is 0 Å². The van der Waals surface area contributed by atoms with Gasteiger partial charge < -0.3 is 20.2 Å². The lowest BCUT2D eigenvalue weighted by Crippen LogP contribution is -2.40. The highest BCUT2D eigenvalue weighted by Gasteiger charge is 2.23. The number of carbonyl (C=O) groups is 2. The maximum Gasteiger partial charge on any atom is 0.243 e. The molecule has 0 saturated carbocycles. The monoisotopic (exact) mass is 566 g/mol. The van der Waals surface area contributed by atoms with Crippen molar-refractivity contribution < 1.29 is 14.7 Å². The Kier molecular flexibility index (Phi) is 10.2. The second-order valence-corrected chi connectivity index (χ2v) is 10.9. The fourth-order valence-electron chi connectivity index (χ4n) is 4.90. The van der Waals surface area contributed by atoms with E-state index in [1.807, 2.05) is 18.2 Å². The zero-order chi connectivity index (χ0) is 27.8. The van der Waals surface area contributed by atoms with Gasteiger partial charge in [-0.3, -0.25) is 9.59 Å². The van der Waals surface area contributed by atoms with Crippen LogP contribution in [0, 0.1) is 17.2 Å². The molecule has 0 bridgehead atoms. The standard InChI is InChI=1S/C30H32Cl2N4O3/c31-25-15-26(32)17-27(16-25)34-29(38)20-36(30(39)10-12-35-11-9-28(37)19-35)13-8-21-4-6-23(7-5-21)24-3-1-2-22(14-24)18-33/h1-4,6-7,14-17,21,28,37H,5,8-13,19-20H2,(H,34,38)/t21?,28-/m0/s1. The molecule has 0 radical (unpaired) electrons. The van der Waals surface area contributed by atoms with Gasteiger partial charge in [-0.15, -0.1) is 0 Å². The van der Waals surface area contributed by atoms with E-state index in [0.29, 0.717) is 53.8 Å². The quantitative estimate of drug-likeness (QED) is 0.415. The Morgan fingerprint density at radius 2 is 1.97 bits per heavy atom. The summed E-state index contributed by atoms with van der Waals surface area (Å²) in [6, 6.07) is 14.5. The molecule has 2 amide bonds. The van der Waals surface area contributed by atoms with Crippen molar-refractivity contribution in [1.82, 2.24) is 9.80 Å². The van der Waals surface area contributed by atoms with E-state index < -0.39 is 0 Å². The lowest BCUT2D eigenvalue weighted by molar-refractivity contribution is -0.135. The topological polar surface area (TPSA) is 96.7 Å². The fourth-order valence-corrected chi connectivity index (χ4v) is 5.43. The van der Waals surface area contributed by atoms with Crippen molar-refractivity contribution in [3.63, 3.8) is 0 Å². The van der Waals surface area contributed by atoms with Gasteiger partial charge in [0, 0.05) is 48.3 Å². The van der Waals surface area contributed by atoms with E-state index in [0.717, 1.165) is 24.1 Å². The number of hydrogen-bond acceptors (Lipinski definition) is 5. The first-order valence-corrected chi connectivity index (χ1v) is 13.9. The molecule has 0 spiro atoms. The number of rotatable bonds is 10. The zero-order valence-corrected chi connectivity index (χ0v) is 23.2. The van der Waals surface area contributed by atoms with E-state index in [2.05, 4.69) is 34.5 Å². The van der Waals surface area contributed by atoms with Crippen LogP contribution in [0.1, 0.15) is 36.8 Å². The van der Waals surface area contributed by atoms with Crippen LogP contribution in [0.5, 0.6) is 0 Å². The minimum Gasteiger partial charge on any atom is -0.392 e. The number of nitrogens with one attached hydrogen (secondary N) is 1. The first kappa shape index (κ1) is 28.8. The lowest BCUT2D eigenvalue weighted by atomic mass is 9.90. The van der Waals surface area contributed by atoms with E-state index >= 15 is 0 Å². The van der Waals surface area contributed by atoms with Gasteiger partial charge in [0.2, 0.25) is 11.8 Å². The number of halogens is 2. The molecule has 2 aromatic rings. The van der Waals surface area contributed by atoms with E-state index in [9.17, 15) is 20.0 Å². The minimum atomic E-state index is -0.343. The number of benzene rings is 2. The van der Waals surface area contributed by atoms with Crippen molar-refractivity contribution in [2.75, 3.05) is 38.0 Å². The highest BCUT2D eigenvalue weighted by Crippen LogP contribution is 2.27. The molecule has 2 aromatic carbocycles. The third kappa shape index (κ3) is 8.67. The number of carbonyl (C=O) groups excluding carboxylic acids is 2. The van der Waals surface area contributed by atoms with Crippen LogP contribution in [-0.4, -0.2) is 65.5 Å². The average Bonchev–Trinajstić information content (AvgIpc) is 3.34. The Morgan fingerprint density at radius 1 is 1.18 bits per heavy atom. The summed E-state index contributed by atoms with van der Waals surface area (Å²) in [5.74, 6) is -0.191. The lowest BCUT2D eigenvalue weighted by Gasteiger charge is -2.26. The first-order chi connectivity index (χ1) is 18.8. The molecule has 9 heteroatoms. The molecule has 1 saturated heterocycles. The van der Waals surface area contributed by atoms with Crippen LogP contribution in [0.25, 0.3) is 5.57 Å². The van der Waals surface area contributed by atoms with E-state index in [4.69, 9.17) is 23.2 Å². The Labute approximate surface area is 239 Å². The number of aliphatic hydroxyl groups excluding tert-OH is 1. The number of nitriles is 1. The van der Waals surface area contributed by atoms with Crippen LogP contribution in [0.2, 0.25) is 10.0 Å². The normalized spacial score (nSPS) is 18.9. The molecule has 204 valence electrons.